The molecule has 2 rings (SSSR count). The Morgan fingerprint density at radius 1 is 1.61 bits per heavy atom. The van der Waals surface area contributed by atoms with Gasteiger partial charge in [-0.05, 0) is 18.9 Å². The first-order valence-corrected chi connectivity index (χ1v) is 6.48. The summed E-state index contributed by atoms with van der Waals surface area (Å²) in [6.07, 6.45) is 3.08. The van der Waals surface area contributed by atoms with Gasteiger partial charge in [0.25, 0.3) is 0 Å². The molecule has 0 bridgehead atoms. The van der Waals surface area contributed by atoms with Gasteiger partial charge in [0, 0.05) is 19.5 Å². The molecule has 18 heavy (non-hydrogen) atoms. The van der Waals surface area contributed by atoms with E-state index in [1.807, 2.05) is 0 Å². The molecule has 1 aromatic rings. The molecule has 1 atom stereocenters. The zero-order valence-corrected chi connectivity index (χ0v) is 11.0. The quantitative estimate of drug-likeness (QED) is 0.693. The van der Waals surface area contributed by atoms with Crippen molar-refractivity contribution in [1.82, 2.24) is 25.8 Å². The monoisotopic (exact) mass is 251 g/mol. The second kappa shape index (κ2) is 5.48. The third-order valence-corrected chi connectivity index (χ3v) is 3.86. The first-order valence-electron chi connectivity index (χ1n) is 6.48. The van der Waals surface area contributed by atoms with Crippen molar-refractivity contribution in [3.8, 4) is 0 Å². The van der Waals surface area contributed by atoms with E-state index in [1.165, 1.54) is 6.33 Å². The highest BCUT2D eigenvalue weighted by atomic mass is 16.2. The summed E-state index contributed by atoms with van der Waals surface area (Å²) in [4.78, 5) is 16.4. The highest BCUT2D eigenvalue weighted by Crippen LogP contribution is 2.34. The second-order valence-corrected chi connectivity index (χ2v) is 5.18. The Kier molecular flexibility index (Phi) is 3.96. The van der Waals surface area contributed by atoms with Crippen LogP contribution < -0.4 is 10.6 Å². The first kappa shape index (κ1) is 13.0. The number of aromatic nitrogens is 3. The molecule has 3 N–H and O–H groups in total. The summed E-state index contributed by atoms with van der Waals surface area (Å²) in [7, 11) is 0. The van der Waals surface area contributed by atoms with E-state index in [0.717, 1.165) is 25.3 Å². The lowest BCUT2D eigenvalue weighted by molar-refractivity contribution is -0.132. The molecule has 1 unspecified atom stereocenters. The minimum atomic E-state index is -0.249. The van der Waals surface area contributed by atoms with Crippen LogP contribution in [0.15, 0.2) is 6.33 Å². The Bertz CT molecular complexity index is 381. The average molecular weight is 251 g/mol. The third-order valence-electron chi connectivity index (χ3n) is 3.86. The maximum atomic E-state index is 12.3. The Morgan fingerprint density at radius 3 is 3.00 bits per heavy atom. The summed E-state index contributed by atoms with van der Waals surface area (Å²) in [6.45, 7) is 6.53. The van der Waals surface area contributed by atoms with Crippen molar-refractivity contribution in [2.45, 2.75) is 26.7 Å². The van der Waals surface area contributed by atoms with Gasteiger partial charge in [0.2, 0.25) is 5.91 Å². The highest BCUT2D eigenvalue weighted by molar-refractivity contribution is 5.83. The van der Waals surface area contributed by atoms with Crippen LogP contribution in [0, 0.1) is 11.3 Å². The van der Waals surface area contributed by atoms with Crippen LogP contribution in [-0.4, -0.2) is 40.7 Å². The molecule has 0 radical (unpaired) electrons. The van der Waals surface area contributed by atoms with Gasteiger partial charge < -0.3 is 10.6 Å². The number of hydrogen-bond donors (Lipinski definition) is 3. The van der Waals surface area contributed by atoms with Gasteiger partial charge in [0.15, 0.2) is 0 Å². The number of nitrogens with zero attached hydrogens (tertiary/aromatic N) is 2. The summed E-state index contributed by atoms with van der Waals surface area (Å²) in [5, 5.41) is 12.9. The van der Waals surface area contributed by atoms with Gasteiger partial charge >= 0.3 is 0 Å². The van der Waals surface area contributed by atoms with Gasteiger partial charge in [-0.15, -0.1) is 0 Å². The lowest BCUT2D eigenvalue weighted by atomic mass is 9.75. The number of carbonyl (C=O) groups is 1. The van der Waals surface area contributed by atoms with Crippen molar-refractivity contribution in [2.24, 2.45) is 11.3 Å². The molecule has 1 fully saturated rings. The molecule has 1 aliphatic heterocycles. The van der Waals surface area contributed by atoms with E-state index in [1.54, 1.807) is 0 Å². The van der Waals surface area contributed by atoms with E-state index >= 15 is 0 Å². The molecule has 1 aromatic heterocycles. The highest BCUT2D eigenvalue weighted by Gasteiger charge is 2.43. The summed E-state index contributed by atoms with van der Waals surface area (Å²) in [5.74, 6) is 1.30. The van der Waals surface area contributed by atoms with E-state index in [2.05, 4.69) is 39.7 Å². The van der Waals surface area contributed by atoms with Gasteiger partial charge in [-0.1, -0.05) is 13.8 Å². The molecule has 6 nitrogen and oxygen atoms in total. The van der Waals surface area contributed by atoms with Gasteiger partial charge in [0.1, 0.15) is 12.2 Å². The Hall–Kier alpha value is -1.43. The molecule has 0 saturated carbocycles. The van der Waals surface area contributed by atoms with Gasteiger partial charge in [-0.2, -0.15) is 5.10 Å². The normalized spacial score (nSPS) is 23.5. The van der Waals surface area contributed by atoms with E-state index in [4.69, 9.17) is 0 Å². The van der Waals surface area contributed by atoms with Crippen LogP contribution in [0.4, 0.5) is 0 Å². The van der Waals surface area contributed by atoms with Gasteiger partial charge in [-0.3, -0.25) is 9.89 Å². The molecule has 1 aliphatic rings. The van der Waals surface area contributed by atoms with Crippen LogP contribution in [-0.2, 0) is 11.2 Å². The van der Waals surface area contributed by atoms with Crippen LogP contribution in [0.25, 0.3) is 0 Å². The number of carbonyl (C=O) groups excluding carboxylic acids is 1. The fraction of sp³-hybridized carbons (Fsp3) is 0.750. The number of rotatable bonds is 5. The standard InChI is InChI=1S/C12H21N5O/c1-9(2)12(4-6-13-7-12)11(18)14-5-3-10-15-8-16-17-10/h8-9,13H,3-7H2,1-2H3,(H,14,18)(H,15,16,17). The van der Waals surface area contributed by atoms with Crippen LogP contribution in [0.2, 0.25) is 0 Å². The maximum absolute atomic E-state index is 12.3. The first-order chi connectivity index (χ1) is 8.65. The molecule has 1 saturated heterocycles. The van der Waals surface area contributed by atoms with Crippen LogP contribution in [0.3, 0.4) is 0 Å². The van der Waals surface area contributed by atoms with Crippen LogP contribution in [0.1, 0.15) is 26.1 Å². The molecular weight excluding hydrogens is 230 g/mol. The third kappa shape index (κ3) is 2.53. The molecule has 0 spiro atoms. The Labute approximate surface area is 107 Å². The molecular formula is C12H21N5O. The largest absolute Gasteiger partial charge is 0.355 e. The topological polar surface area (TPSA) is 82.7 Å². The molecule has 1 amide bonds. The lowest BCUT2D eigenvalue weighted by Crippen LogP contribution is -2.46. The SMILES string of the molecule is CC(C)C1(C(=O)NCCc2ncn[nH]2)CCNC1. The zero-order valence-electron chi connectivity index (χ0n) is 11.0. The summed E-state index contributed by atoms with van der Waals surface area (Å²) in [5.41, 5.74) is -0.249. The Morgan fingerprint density at radius 2 is 2.44 bits per heavy atom. The van der Waals surface area contributed by atoms with Crippen molar-refractivity contribution in [1.29, 1.82) is 0 Å². The molecule has 2 heterocycles. The number of hydrogen-bond acceptors (Lipinski definition) is 4. The van der Waals surface area contributed by atoms with Crippen LogP contribution in [0.5, 0.6) is 0 Å². The Balaban J connectivity index is 1.86. The van der Waals surface area contributed by atoms with Gasteiger partial charge in [-0.25, -0.2) is 4.98 Å². The number of amides is 1. The summed E-state index contributed by atoms with van der Waals surface area (Å²) in [6, 6.07) is 0. The summed E-state index contributed by atoms with van der Waals surface area (Å²) < 4.78 is 0. The predicted octanol–water partition coefficient (Wildman–Crippen LogP) is 0.0991. The molecule has 0 aromatic carbocycles. The van der Waals surface area contributed by atoms with E-state index in [9.17, 15) is 4.79 Å². The van der Waals surface area contributed by atoms with Crippen molar-refractivity contribution < 1.29 is 4.79 Å². The van der Waals surface area contributed by atoms with Crippen molar-refractivity contribution in [3.05, 3.63) is 12.2 Å². The van der Waals surface area contributed by atoms with Crippen molar-refractivity contribution in [3.63, 3.8) is 0 Å². The van der Waals surface area contributed by atoms with Gasteiger partial charge in [0.05, 0.1) is 5.41 Å². The predicted molar refractivity (Wildman–Crippen MR) is 67.9 cm³/mol. The van der Waals surface area contributed by atoms with Crippen molar-refractivity contribution >= 4 is 5.91 Å². The minimum absolute atomic E-state index is 0.155. The number of H-pyrrole nitrogens is 1. The zero-order chi connectivity index (χ0) is 13.0. The summed E-state index contributed by atoms with van der Waals surface area (Å²) >= 11 is 0. The average Bonchev–Trinajstić information content (AvgIpc) is 3.00. The molecule has 100 valence electrons. The minimum Gasteiger partial charge on any atom is -0.355 e. The molecule has 6 heteroatoms. The van der Waals surface area contributed by atoms with Crippen LogP contribution >= 0.6 is 0 Å². The van der Waals surface area contributed by atoms with Crippen molar-refractivity contribution in [2.75, 3.05) is 19.6 Å². The number of nitrogens with one attached hydrogen (secondary N) is 3. The van der Waals surface area contributed by atoms with E-state index in [0.29, 0.717) is 18.9 Å². The molecule has 0 aliphatic carbocycles. The van der Waals surface area contributed by atoms with E-state index in [-0.39, 0.29) is 11.3 Å². The number of aromatic amines is 1. The fourth-order valence-electron chi connectivity index (χ4n) is 2.48. The lowest BCUT2D eigenvalue weighted by Gasteiger charge is -2.31. The second-order valence-electron chi connectivity index (χ2n) is 5.18. The maximum Gasteiger partial charge on any atom is 0.227 e. The van der Waals surface area contributed by atoms with E-state index < -0.39 is 0 Å². The fourth-order valence-corrected chi connectivity index (χ4v) is 2.48. The smallest absolute Gasteiger partial charge is 0.227 e.